The average Bonchev–Trinajstić information content (AvgIpc) is 2.47. The molecule has 0 radical (unpaired) electrons. The van der Waals surface area contributed by atoms with Gasteiger partial charge in [-0.25, -0.2) is 0 Å². The molecule has 1 heterocycles. The summed E-state index contributed by atoms with van der Waals surface area (Å²) in [4.78, 5) is 13.1. The fourth-order valence-corrected chi connectivity index (χ4v) is 2.19. The second-order valence-electron chi connectivity index (χ2n) is 5.18. The molecule has 0 aromatic carbocycles. The Morgan fingerprint density at radius 2 is 2.09 bits per heavy atom. The van der Waals surface area contributed by atoms with Crippen LogP contribution >= 0.6 is 0 Å². The molecular formula is C14H24F3N3O2. The molecule has 1 saturated heterocycles. The summed E-state index contributed by atoms with van der Waals surface area (Å²) in [6.07, 6.45) is -2.92. The fraction of sp³-hybridized carbons (Fsp3) is 0.786. The largest absolute Gasteiger partial charge is 0.405 e. The van der Waals surface area contributed by atoms with Gasteiger partial charge in [-0.3, -0.25) is 9.69 Å². The van der Waals surface area contributed by atoms with Gasteiger partial charge in [0.15, 0.2) is 0 Å². The topological polar surface area (TPSA) is 53.6 Å². The first kappa shape index (κ1) is 18.9. The second kappa shape index (κ2) is 9.12. The van der Waals surface area contributed by atoms with Crippen LogP contribution in [0.25, 0.3) is 0 Å². The highest BCUT2D eigenvalue weighted by atomic mass is 19.4. The SMILES string of the molecule is C=CCCOC(C)C(=O)NCC(N1CCNCC1)C(F)(F)F. The summed E-state index contributed by atoms with van der Waals surface area (Å²) < 4.78 is 44.7. The van der Waals surface area contributed by atoms with Crippen LogP contribution in [0.15, 0.2) is 12.7 Å². The minimum Gasteiger partial charge on any atom is -0.368 e. The van der Waals surface area contributed by atoms with Crippen molar-refractivity contribution < 1.29 is 22.7 Å². The third-order valence-electron chi connectivity index (χ3n) is 3.50. The highest BCUT2D eigenvalue weighted by molar-refractivity contribution is 5.80. The summed E-state index contributed by atoms with van der Waals surface area (Å²) in [7, 11) is 0. The zero-order chi connectivity index (χ0) is 16.6. The van der Waals surface area contributed by atoms with Gasteiger partial charge in [-0.05, 0) is 13.3 Å². The molecule has 0 aliphatic carbocycles. The van der Waals surface area contributed by atoms with Gasteiger partial charge in [0.2, 0.25) is 5.91 Å². The normalized spacial score (nSPS) is 19.5. The number of halogens is 3. The molecule has 1 fully saturated rings. The number of carbonyl (C=O) groups excluding carboxylic acids is 1. The molecule has 2 unspecified atom stereocenters. The van der Waals surface area contributed by atoms with E-state index in [2.05, 4.69) is 17.2 Å². The number of nitrogens with zero attached hydrogens (tertiary/aromatic N) is 1. The zero-order valence-electron chi connectivity index (χ0n) is 12.8. The van der Waals surface area contributed by atoms with Crippen LogP contribution in [0.4, 0.5) is 13.2 Å². The lowest BCUT2D eigenvalue weighted by Crippen LogP contribution is -2.58. The van der Waals surface area contributed by atoms with Crippen LogP contribution in [0.5, 0.6) is 0 Å². The third kappa shape index (κ3) is 6.33. The van der Waals surface area contributed by atoms with E-state index in [9.17, 15) is 18.0 Å². The molecule has 0 spiro atoms. The van der Waals surface area contributed by atoms with E-state index in [1.807, 2.05) is 0 Å². The van der Waals surface area contributed by atoms with Gasteiger partial charge in [-0.2, -0.15) is 13.2 Å². The Morgan fingerprint density at radius 3 is 2.64 bits per heavy atom. The van der Waals surface area contributed by atoms with E-state index in [0.29, 0.717) is 39.2 Å². The van der Waals surface area contributed by atoms with Gasteiger partial charge in [0.25, 0.3) is 0 Å². The second-order valence-corrected chi connectivity index (χ2v) is 5.18. The van der Waals surface area contributed by atoms with E-state index in [1.54, 1.807) is 6.08 Å². The number of hydrogen-bond donors (Lipinski definition) is 2. The van der Waals surface area contributed by atoms with Crippen LogP contribution in [0.2, 0.25) is 0 Å². The van der Waals surface area contributed by atoms with Crippen LogP contribution in [-0.4, -0.2) is 68.5 Å². The van der Waals surface area contributed by atoms with Crippen molar-refractivity contribution in [3.63, 3.8) is 0 Å². The average molecular weight is 323 g/mol. The number of hydrogen-bond acceptors (Lipinski definition) is 4. The van der Waals surface area contributed by atoms with E-state index in [1.165, 1.54) is 11.8 Å². The Kier molecular flexibility index (Phi) is 7.84. The van der Waals surface area contributed by atoms with Crippen molar-refractivity contribution in [3.8, 4) is 0 Å². The van der Waals surface area contributed by atoms with Crippen molar-refractivity contribution >= 4 is 5.91 Å². The molecule has 2 atom stereocenters. The van der Waals surface area contributed by atoms with Crippen molar-refractivity contribution in [2.24, 2.45) is 0 Å². The highest BCUT2D eigenvalue weighted by Crippen LogP contribution is 2.24. The summed E-state index contributed by atoms with van der Waals surface area (Å²) in [5.74, 6) is -0.534. The molecule has 8 heteroatoms. The minimum atomic E-state index is -4.38. The van der Waals surface area contributed by atoms with Crippen LogP contribution in [0.1, 0.15) is 13.3 Å². The molecule has 1 amide bonds. The van der Waals surface area contributed by atoms with Crippen molar-refractivity contribution in [1.29, 1.82) is 0 Å². The first-order chi connectivity index (χ1) is 10.4. The van der Waals surface area contributed by atoms with Crippen LogP contribution in [0, 0.1) is 0 Å². The maximum absolute atomic E-state index is 13.1. The molecule has 128 valence electrons. The summed E-state index contributed by atoms with van der Waals surface area (Å²) in [6.45, 7) is 6.55. The molecule has 1 aliphatic rings. The maximum Gasteiger partial charge on any atom is 0.405 e. The molecule has 0 bridgehead atoms. The minimum absolute atomic E-state index is 0.311. The lowest BCUT2D eigenvalue weighted by Gasteiger charge is -2.36. The lowest BCUT2D eigenvalue weighted by atomic mass is 10.2. The summed E-state index contributed by atoms with van der Waals surface area (Å²) in [5.41, 5.74) is 0. The Labute approximate surface area is 128 Å². The number of ether oxygens (including phenoxy) is 1. The predicted octanol–water partition coefficient (Wildman–Crippen LogP) is 0.920. The lowest BCUT2D eigenvalue weighted by molar-refractivity contribution is -0.184. The molecule has 0 aromatic rings. The van der Waals surface area contributed by atoms with Crippen LogP contribution in [0.3, 0.4) is 0 Å². The van der Waals surface area contributed by atoms with E-state index in [4.69, 9.17) is 4.74 Å². The first-order valence-electron chi connectivity index (χ1n) is 7.38. The van der Waals surface area contributed by atoms with Crippen molar-refractivity contribution in [3.05, 3.63) is 12.7 Å². The van der Waals surface area contributed by atoms with Gasteiger partial charge < -0.3 is 15.4 Å². The number of alkyl halides is 3. The molecule has 1 aliphatic heterocycles. The summed E-state index contributed by atoms with van der Waals surface area (Å²) in [6, 6.07) is -1.67. The smallest absolute Gasteiger partial charge is 0.368 e. The van der Waals surface area contributed by atoms with E-state index >= 15 is 0 Å². The first-order valence-corrected chi connectivity index (χ1v) is 7.38. The fourth-order valence-electron chi connectivity index (χ4n) is 2.19. The van der Waals surface area contributed by atoms with E-state index in [-0.39, 0.29) is 0 Å². The van der Waals surface area contributed by atoms with Crippen LogP contribution < -0.4 is 10.6 Å². The Balaban J connectivity index is 2.48. The Morgan fingerprint density at radius 1 is 1.45 bits per heavy atom. The number of piperazine rings is 1. The monoisotopic (exact) mass is 323 g/mol. The molecule has 1 rings (SSSR count). The standard InChI is InChI=1S/C14H24F3N3O2/c1-3-4-9-22-11(2)13(21)19-10-12(14(15,16)17)20-7-5-18-6-8-20/h3,11-12,18H,1,4-10H2,2H3,(H,19,21). The number of rotatable bonds is 8. The van der Waals surface area contributed by atoms with Gasteiger partial charge in [-0.1, -0.05) is 6.08 Å². The predicted molar refractivity (Wildman–Crippen MR) is 77.5 cm³/mol. The van der Waals surface area contributed by atoms with Gasteiger partial charge in [-0.15, -0.1) is 6.58 Å². The van der Waals surface area contributed by atoms with Crippen molar-refractivity contribution in [2.45, 2.75) is 31.7 Å². The van der Waals surface area contributed by atoms with Gasteiger partial charge >= 0.3 is 6.18 Å². The number of amides is 1. The highest BCUT2D eigenvalue weighted by Gasteiger charge is 2.43. The summed E-state index contributed by atoms with van der Waals surface area (Å²) in [5, 5.41) is 5.35. The van der Waals surface area contributed by atoms with E-state index < -0.39 is 30.8 Å². The Bertz CT molecular complexity index is 358. The van der Waals surface area contributed by atoms with Crippen LogP contribution in [-0.2, 0) is 9.53 Å². The molecule has 2 N–H and O–H groups in total. The van der Waals surface area contributed by atoms with Crippen molar-refractivity contribution in [1.82, 2.24) is 15.5 Å². The van der Waals surface area contributed by atoms with E-state index in [0.717, 1.165) is 0 Å². The Hall–Kier alpha value is -1.12. The quantitative estimate of drug-likeness (QED) is 0.515. The van der Waals surface area contributed by atoms with Crippen molar-refractivity contribution in [2.75, 3.05) is 39.3 Å². The molecule has 22 heavy (non-hydrogen) atoms. The van der Waals surface area contributed by atoms with Gasteiger partial charge in [0.1, 0.15) is 12.1 Å². The maximum atomic E-state index is 13.1. The molecule has 5 nitrogen and oxygen atoms in total. The number of nitrogens with one attached hydrogen (secondary N) is 2. The number of carbonyl (C=O) groups is 1. The van der Waals surface area contributed by atoms with Gasteiger partial charge in [0.05, 0.1) is 6.61 Å². The zero-order valence-corrected chi connectivity index (χ0v) is 12.8. The summed E-state index contributed by atoms with van der Waals surface area (Å²) >= 11 is 0. The molecule has 0 aromatic heterocycles. The third-order valence-corrected chi connectivity index (χ3v) is 3.50. The molecular weight excluding hydrogens is 299 g/mol. The molecule has 0 saturated carbocycles. The van der Waals surface area contributed by atoms with Gasteiger partial charge in [0, 0.05) is 32.7 Å².